The van der Waals surface area contributed by atoms with Crippen LogP contribution in [0.4, 0.5) is 4.39 Å². The second kappa shape index (κ2) is 10.9. The Morgan fingerprint density at radius 2 is 1.74 bits per heavy atom. The molecule has 0 unspecified atom stereocenters. The summed E-state index contributed by atoms with van der Waals surface area (Å²) >= 11 is 0. The van der Waals surface area contributed by atoms with Crippen LogP contribution in [0.15, 0.2) is 84.0 Å². The normalized spacial score (nSPS) is 17.0. The van der Waals surface area contributed by atoms with E-state index >= 15 is 0 Å². The van der Waals surface area contributed by atoms with Gasteiger partial charge in [0.1, 0.15) is 16.3 Å². The number of halogens is 1. The molecule has 0 spiro atoms. The minimum Gasteiger partial charge on any atom is -0.361 e. The largest absolute Gasteiger partial charge is 0.361 e. The molecule has 4 aromatic rings. The summed E-state index contributed by atoms with van der Waals surface area (Å²) in [6.07, 6.45) is 8.55. The average molecular weight is 549 g/mol. The molecule has 204 valence electrons. The Morgan fingerprint density at radius 1 is 1.03 bits per heavy atom. The number of nitrogens with zero attached hydrogens (tertiary/aromatic N) is 1. The molecule has 1 amide bonds. The van der Waals surface area contributed by atoms with Gasteiger partial charge in [-0.05, 0) is 55.7 Å². The topological polar surface area (TPSA) is 104 Å². The molecule has 5 rings (SSSR count). The quantitative estimate of drug-likeness (QED) is 0.274. The highest BCUT2D eigenvalue weighted by Crippen LogP contribution is 2.38. The zero-order chi connectivity index (χ0) is 27.5. The summed E-state index contributed by atoms with van der Waals surface area (Å²) in [6, 6.07) is 18.6. The van der Waals surface area contributed by atoms with Crippen LogP contribution in [0.25, 0.3) is 10.9 Å². The number of sulfonamides is 1. The van der Waals surface area contributed by atoms with E-state index in [1.54, 1.807) is 19.3 Å². The summed E-state index contributed by atoms with van der Waals surface area (Å²) < 4.78 is 43.9. The van der Waals surface area contributed by atoms with Crippen LogP contribution in [0, 0.1) is 5.82 Å². The first-order valence-electron chi connectivity index (χ1n) is 13.3. The van der Waals surface area contributed by atoms with Crippen molar-refractivity contribution in [2.45, 2.75) is 61.3 Å². The zero-order valence-corrected chi connectivity index (χ0v) is 22.7. The molecule has 0 saturated heterocycles. The van der Waals surface area contributed by atoms with Crippen molar-refractivity contribution in [1.82, 2.24) is 20.0 Å². The van der Waals surface area contributed by atoms with Crippen LogP contribution in [-0.2, 0) is 26.7 Å². The maximum Gasteiger partial charge on any atom is 0.244 e. The van der Waals surface area contributed by atoms with Crippen molar-refractivity contribution in [3.8, 4) is 0 Å². The van der Waals surface area contributed by atoms with Gasteiger partial charge in [-0.15, -0.1) is 0 Å². The fourth-order valence-corrected chi connectivity index (χ4v) is 7.16. The lowest BCUT2D eigenvalue weighted by Gasteiger charge is -2.38. The maximum absolute atomic E-state index is 14.5. The Morgan fingerprint density at radius 3 is 2.49 bits per heavy atom. The molecule has 1 fully saturated rings. The Bertz CT molecular complexity index is 1570. The van der Waals surface area contributed by atoms with Gasteiger partial charge in [0.15, 0.2) is 0 Å². The van der Waals surface area contributed by atoms with Gasteiger partial charge in [0.05, 0.1) is 0 Å². The number of nitrogens with one attached hydrogen (secondary N) is 3. The Labute approximate surface area is 228 Å². The summed E-state index contributed by atoms with van der Waals surface area (Å²) in [5, 5.41) is 3.96. The molecule has 1 aliphatic carbocycles. The van der Waals surface area contributed by atoms with Crippen LogP contribution in [0.3, 0.4) is 0 Å². The summed E-state index contributed by atoms with van der Waals surface area (Å²) in [7, 11) is -4.37. The van der Waals surface area contributed by atoms with E-state index in [-0.39, 0.29) is 11.8 Å². The summed E-state index contributed by atoms with van der Waals surface area (Å²) in [6.45, 7) is 1.88. The molecule has 0 aliphatic heterocycles. The smallest absolute Gasteiger partial charge is 0.244 e. The number of carbonyl (C=O) groups excluding carboxylic acids is 1. The van der Waals surface area contributed by atoms with Crippen LogP contribution < -0.4 is 10.0 Å². The Hall–Kier alpha value is -3.56. The molecule has 9 heteroatoms. The number of amides is 1. The minimum atomic E-state index is -4.37. The van der Waals surface area contributed by atoms with Gasteiger partial charge in [-0.3, -0.25) is 9.78 Å². The van der Waals surface area contributed by atoms with E-state index in [4.69, 9.17) is 0 Å². The number of aromatic amines is 1. The number of rotatable bonds is 9. The third kappa shape index (κ3) is 5.60. The molecule has 2 aromatic carbocycles. The van der Waals surface area contributed by atoms with Gasteiger partial charge >= 0.3 is 0 Å². The van der Waals surface area contributed by atoms with E-state index in [0.29, 0.717) is 6.54 Å². The highest BCUT2D eigenvalue weighted by atomic mass is 32.2. The number of pyridine rings is 1. The number of carbonyl (C=O) groups is 1. The lowest BCUT2D eigenvalue weighted by molar-refractivity contribution is -0.126. The maximum atomic E-state index is 14.5. The first-order chi connectivity index (χ1) is 18.7. The van der Waals surface area contributed by atoms with Crippen molar-refractivity contribution in [2.75, 3.05) is 6.54 Å². The SMILES string of the molecule is C[C@@](Cc1c[nH]c2ccccc12)(NS(=O)(=O)c1ccccc1F)C(=O)NCC1(c2ccccn2)CCCCC1. The number of H-pyrrole nitrogens is 1. The van der Waals surface area contributed by atoms with Crippen LogP contribution >= 0.6 is 0 Å². The molecule has 0 bridgehead atoms. The molecular weight excluding hydrogens is 515 g/mol. The number of hydrogen-bond donors (Lipinski definition) is 3. The molecule has 3 N–H and O–H groups in total. The van der Waals surface area contributed by atoms with Crippen molar-refractivity contribution in [1.29, 1.82) is 0 Å². The number of fused-ring (bicyclic) bond motifs is 1. The first kappa shape index (κ1) is 27.0. The van der Waals surface area contributed by atoms with Gasteiger partial charge in [-0.25, -0.2) is 12.8 Å². The molecule has 7 nitrogen and oxygen atoms in total. The third-order valence-electron chi connectivity index (χ3n) is 7.81. The number of hydrogen-bond acceptors (Lipinski definition) is 4. The molecule has 2 aromatic heterocycles. The van der Waals surface area contributed by atoms with Crippen molar-refractivity contribution in [3.63, 3.8) is 0 Å². The average Bonchev–Trinajstić information content (AvgIpc) is 3.35. The second-order valence-electron chi connectivity index (χ2n) is 10.6. The second-order valence-corrected chi connectivity index (χ2v) is 12.3. The molecule has 1 aliphatic rings. The number of aromatic nitrogens is 2. The highest BCUT2D eigenvalue weighted by molar-refractivity contribution is 7.89. The standard InChI is InChI=1S/C30H33FN4O3S/c1-29(19-22-20-33-25-13-5-3-11-23(22)25,35-39(37,38)26-14-6-4-12-24(26)31)28(36)34-21-30(16-8-2-9-17-30)27-15-7-10-18-32-27/h3-7,10-15,18,20,33,35H,2,8-9,16-17,19,21H2,1H3,(H,34,36)/t29-/m0/s1. The monoisotopic (exact) mass is 548 g/mol. The van der Waals surface area contributed by atoms with Gasteiger partial charge in [-0.2, -0.15) is 4.72 Å². The third-order valence-corrected chi connectivity index (χ3v) is 9.44. The lowest BCUT2D eigenvalue weighted by Crippen LogP contribution is -2.59. The van der Waals surface area contributed by atoms with E-state index in [1.807, 2.05) is 42.5 Å². The minimum absolute atomic E-state index is 0.0626. The molecule has 2 heterocycles. The van der Waals surface area contributed by atoms with Crippen molar-refractivity contribution >= 4 is 26.8 Å². The predicted octanol–water partition coefficient (Wildman–Crippen LogP) is 5.00. The molecule has 39 heavy (non-hydrogen) atoms. The van der Waals surface area contributed by atoms with Gasteiger partial charge in [-0.1, -0.05) is 55.7 Å². The fourth-order valence-electron chi connectivity index (χ4n) is 5.71. The number of para-hydroxylation sites is 1. The van der Waals surface area contributed by atoms with E-state index in [0.717, 1.165) is 60.3 Å². The van der Waals surface area contributed by atoms with Crippen molar-refractivity contribution in [3.05, 3.63) is 96.2 Å². The Kier molecular flexibility index (Phi) is 7.55. The highest BCUT2D eigenvalue weighted by Gasteiger charge is 2.42. The van der Waals surface area contributed by atoms with Crippen molar-refractivity contribution < 1.29 is 17.6 Å². The van der Waals surface area contributed by atoms with E-state index in [1.165, 1.54) is 18.2 Å². The molecule has 1 atom stereocenters. The zero-order valence-electron chi connectivity index (χ0n) is 21.9. The van der Waals surface area contributed by atoms with Crippen LogP contribution in [0.2, 0.25) is 0 Å². The van der Waals surface area contributed by atoms with E-state index in [2.05, 4.69) is 20.0 Å². The fraction of sp³-hybridized carbons (Fsp3) is 0.333. The van der Waals surface area contributed by atoms with Crippen molar-refractivity contribution in [2.24, 2.45) is 0 Å². The Balaban J connectivity index is 1.48. The van der Waals surface area contributed by atoms with Gasteiger partial charge in [0.25, 0.3) is 0 Å². The summed E-state index contributed by atoms with van der Waals surface area (Å²) in [4.78, 5) is 21.3. The molecular formula is C30H33FN4O3S. The lowest BCUT2D eigenvalue weighted by atomic mass is 9.71. The number of benzene rings is 2. The van der Waals surface area contributed by atoms with Gasteiger partial charge < -0.3 is 10.3 Å². The van der Waals surface area contributed by atoms with Crippen LogP contribution in [0.1, 0.15) is 50.3 Å². The summed E-state index contributed by atoms with van der Waals surface area (Å²) in [5.41, 5.74) is 0.642. The molecule has 0 radical (unpaired) electrons. The first-order valence-corrected chi connectivity index (χ1v) is 14.7. The molecule has 1 saturated carbocycles. The van der Waals surface area contributed by atoms with Gasteiger partial charge in [0.2, 0.25) is 15.9 Å². The van der Waals surface area contributed by atoms with Crippen LogP contribution in [0.5, 0.6) is 0 Å². The van der Waals surface area contributed by atoms with E-state index < -0.39 is 32.2 Å². The summed E-state index contributed by atoms with van der Waals surface area (Å²) in [5.74, 6) is -1.36. The van der Waals surface area contributed by atoms with E-state index in [9.17, 15) is 17.6 Å². The van der Waals surface area contributed by atoms with Gasteiger partial charge in [0, 0.05) is 47.4 Å². The van der Waals surface area contributed by atoms with Crippen LogP contribution in [-0.4, -0.2) is 36.4 Å². The predicted molar refractivity (Wildman–Crippen MR) is 149 cm³/mol.